The molecule has 0 amide bonds. The highest BCUT2D eigenvalue weighted by atomic mass is 35.5. The van der Waals surface area contributed by atoms with Gasteiger partial charge in [-0.3, -0.25) is 10.00 Å². The Morgan fingerprint density at radius 2 is 2.04 bits per heavy atom. The van der Waals surface area contributed by atoms with Crippen molar-refractivity contribution in [3.8, 4) is 0 Å². The Bertz CT molecular complexity index is 894. The van der Waals surface area contributed by atoms with Crippen LogP contribution in [0.5, 0.6) is 0 Å². The number of nitrogens with zero attached hydrogens (tertiary/aromatic N) is 2. The zero-order chi connectivity index (χ0) is 17.4. The quantitative estimate of drug-likeness (QED) is 0.747. The Labute approximate surface area is 148 Å². The van der Waals surface area contributed by atoms with Crippen molar-refractivity contribution in [3.05, 3.63) is 64.3 Å². The molecule has 0 spiro atoms. The van der Waals surface area contributed by atoms with Gasteiger partial charge in [0.25, 0.3) is 0 Å². The topological polar surface area (TPSA) is 44.0 Å². The van der Waals surface area contributed by atoms with Crippen molar-refractivity contribution in [1.29, 1.82) is 0 Å². The van der Waals surface area contributed by atoms with Crippen LogP contribution in [0.4, 0.5) is 8.78 Å². The number of aromatic nitrogens is 2. The number of aromatic amines is 1. The van der Waals surface area contributed by atoms with E-state index in [4.69, 9.17) is 11.6 Å². The second kappa shape index (κ2) is 6.71. The first-order valence-electron chi connectivity index (χ1n) is 8.13. The number of piperazine rings is 1. The molecule has 7 heteroatoms. The van der Waals surface area contributed by atoms with Crippen LogP contribution in [0.25, 0.3) is 10.9 Å². The molecule has 1 unspecified atom stereocenters. The fourth-order valence-electron chi connectivity index (χ4n) is 3.41. The Morgan fingerprint density at radius 1 is 1.24 bits per heavy atom. The lowest BCUT2D eigenvalue weighted by molar-refractivity contribution is 0.154. The number of hydrogen-bond acceptors (Lipinski definition) is 3. The summed E-state index contributed by atoms with van der Waals surface area (Å²) in [7, 11) is 0. The maximum atomic E-state index is 13.9. The van der Waals surface area contributed by atoms with Crippen LogP contribution in [-0.4, -0.2) is 34.7 Å². The molecule has 0 aliphatic carbocycles. The van der Waals surface area contributed by atoms with E-state index in [-0.39, 0.29) is 11.6 Å². The molecular weight excluding hydrogens is 346 g/mol. The molecule has 1 aliphatic heterocycles. The van der Waals surface area contributed by atoms with Gasteiger partial charge in [-0.1, -0.05) is 23.7 Å². The molecule has 130 valence electrons. The zero-order valence-corrected chi connectivity index (χ0v) is 14.2. The van der Waals surface area contributed by atoms with Gasteiger partial charge in [0.05, 0.1) is 6.20 Å². The third kappa shape index (κ3) is 3.13. The summed E-state index contributed by atoms with van der Waals surface area (Å²) in [5, 5.41) is 11.1. The highest BCUT2D eigenvalue weighted by Gasteiger charge is 2.25. The van der Waals surface area contributed by atoms with E-state index in [1.54, 1.807) is 6.20 Å². The van der Waals surface area contributed by atoms with Gasteiger partial charge in [0.2, 0.25) is 0 Å². The average molecular weight is 363 g/mol. The summed E-state index contributed by atoms with van der Waals surface area (Å²) in [6, 6.07) is 9.16. The van der Waals surface area contributed by atoms with E-state index < -0.39 is 11.6 Å². The van der Waals surface area contributed by atoms with Gasteiger partial charge in [-0.2, -0.15) is 5.10 Å². The van der Waals surface area contributed by atoms with E-state index in [9.17, 15) is 8.78 Å². The van der Waals surface area contributed by atoms with Crippen LogP contribution in [0, 0.1) is 11.6 Å². The molecule has 1 aromatic heterocycles. The van der Waals surface area contributed by atoms with Crippen LogP contribution >= 0.6 is 11.6 Å². The van der Waals surface area contributed by atoms with Crippen molar-refractivity contribution < 1.29 is 8.78 Å². The molecule has 1 aliphatic rings. The van der Waals surface area contributed by atoms with E-state index in [0.29, 0.717) is 17.0 Å². The van der Waals surface area contributed by atoms with Gasteiger partial charge in [-0.05, 0) is 29.3 Å². The van der Waals surface area contributed by atoms with Gasteiger partial charge >= 0.3 is 0 Å². The number of hydrogen-bond donors (Lipinski definition) is 2. The molecule has 1 fully saturated rings. The Balaban J connectivity index is 1.67. The minimum Gasteiger partial charge on any atom is -0.314 e. The third-order valence-electron chi connectivity index (χ3n) is 4.70. The SMILES string of the molecule is Fc1cc(CN2CCNCC2c2ccc(Cl)cc2)c2cn[nH]c2c1F. The number of fused-ring (bicyclic) bond motifs is 1. The van der Waals surface area contributed by atoms with Crippen LogP contribution in [0.15, 0.2) is 36.5 Å². The van der Waals surface area contributed by atoms with Crippen LogP contribution < -0.4 is 5.32 Å². The lowest BCUT2D eigenvalue weighted by Crippen LogP contribution is -2.45. The first kappa shape index (κ1) is 16.4. The molecule has 3 aromatic rings. The predicted molar refractivity (Wildman–Crippen MR) is 93.5 cm³/mol. The average Bonchev–Trinajstić information content (AvgIpc) is 3.11. The molecule has 1 saturated heterocycles. The zero-order valence-electron chi connectivity index (χ0n) is 13.4. The monoisotopic (exact) mass is 362 g/mol. The second-order valence-electron chi connectivity index (χ2n) is 6.23. The van der Waals surface area contributed by atoms with Crippen LogP contribution in [0.3, 0.4) is 0 Å². The van der Waals surface area contributed by atoms with Gasteiger partial charge < -0.3 is 5.32 Å². The Kier molecular flexibility index (Phi) is 4.41. The molecule has 4 rings (SSSR count). The summed E-state index contributed by atoms with van der Waals surface area (Å²) >= 11 is 5.99. The molecule has 0 saturated carbocycles. The summed E-state index contributed by atoms with van der Waals surface area (Å²) in [5.41, 5.74) is 1.99. The minimum atomic E-state index is -0.884. The van der Waals surface area contributed by atoms with Crippen LogP contribution in [-0.2, 0) is 6.54 Å². The fraction of sp³-hybridized carbons (Fsp3) is 0.278. The third-order valence-corrected chi connectivity index (χ3v) is 4.95. The maximum absolute atomic E-state index is 13.9. The van der Waals surface area contributed by atoms with Crippen molar-refractivity contribution in [2.75, 3.05) is 19.6 Å². The molecule has 2 heterocycles. The molecule has 2 N–H and O–H groups in total. The lowest BCUT2D eigenvalue weighted by Gasteiger charge is -2.36. The van der Waals surface area contributed by atoms with Crippen LogP contribution in [0.1, 0.15) is 17.2 Å². The smallest absolute Gasteiger partial charge is 0.184 e. The molecule has 0 radical (unpaired) electrons. The Hall–Kier alpha value is -2.02. The van der Waals surface area contributed by atoms with Crippen LogP contribution in [0.2, 0.25) is 5.02 Å². The lowest BCUT2D eigenvalue weighted by atomic mass is 10.0. The van der Waals surface area contributed by atoms with E-state index in [1.165, 1.54) is 6.07 Å². The number of halogens is 3. The van der Waals surface area contributed by atoms with Gasteiger partial charge in [0, 0.05) is 42.6 Å². The van der Waals surface area contributed by atoms with Crippen molar-refractivity contribution in [3.63, 3.8) is 0 Å². The standard InChI is InChI=1S/C18H17ClF2N4/c19-13-3-1-11(2-4-13)16-9-22-5-6-25(16)10-12-7-15(20)17(21)18-14(12)8-23-24-18/h1-4,7-8,16,22H,5-6,9-10H2,(H,23,24). The first-order valence-corrected chi connectivity index (χ1v) is 8.51. The molecule has 0 bridgehead atoms. The Morgan fingerprint density at radius 3 is 2.84 bits per heavy atom. The summed E-state index contributed by atoms with van der Waals surface area (Å²) in [4.78, 5) is 2.26. The molecule has 4 nitrogen and oxygen atoms in total. The second-order valence-corrected chi connectivity index (χ2v) is 6.67. The molecule has 2 aromatic carbocycles. The predicted octanol–water partition coefficient (Wildman–Crippen LogP) is 3.64. The van der Waals surface area contributed by atoms with Crippen molar-refractivity contribution in [2.24, 2.45) is 0 Å². The summed E-state index contributed by atoms with van der Waals surface area (Å²) in [5.74, 6) is -1.74. The summed E-state index contributed by atoms with van der Waals surface area (Å²) in [6.07, 6.45) is 1.55. The van der Waals surface area contributed by atoms with Gasteiger partial charge in [0.1, 0.15) is 5.52 Å². The van der Waals surface area contributed by atoms with Gasteiger partial charge in [-0.15, -0.1) is 0 Å². The first-order chi connectivity index (χ1) is 12.1. The number of nitrogens with one attached hydrogen (secondary N) is 2. The van der Waals surface area contributed by atoms with E-state index in [2.05, 4.69) is 20.4 Å². The number of rotatable bonds is 3. The van der Waals surface area contributed by atoms with E-state index in [1.807, 2.05) is 24.3 Å². The highest BCUT2D eigenvalue weighted by Crippen LogP contribution is 2.29. The fourth-order valence-corrected chi connectivity index (χ4v) is 3.54. The molecule has 25 heavy (non-hydrogen) atoms. The summed E-state index contributed by atoms with van der Waals surface area (Å²) < 4.78 is 27.8. The van der Waals surface area contributed by atoms with Crippen molar-refractivity contribution >= 4 is 22.5 Å². The number of H-pyrrole nitrogens is 1. The van der Waals surface area contributed by atoms with Gasteiger partial charge in [0.15, 0.2) is 11.6 Å². The van der Waals surface area contributed by atoms with Crippen molar-refractivity contribution in [1.82, 2.24) is 20.4 Å². The largest absolute Gasteiger partial charge is 0.314 e. The maximum Gasteiger partial charge on any atom is 0.184 e. The van der Waals surface area contributed by atoms with E-state index in [0.717, 1.165) is 30.8 Å². The normalized spacial score (nSPS) is 18.8. The van der Waals surface area contributed by atoms with E-state index >= 15 is 0 Å². The number of benzene rings is 2. The highest BCUT2D eigenvalue weighted by molar-refractivity contribution is 6.30. The molecule has 1 atom stereocenters. The molecular formula is C18H17ClF2N4. The van der Waals surface area contributed by atoms with Gasteiger partial charge in [-0.25, -0.2) is 8.78 Å². The summed E-state index contributed by atoms with van der Waals surface area (Å²) in [6.45, 7) is 2.97. The van der Waals surface area contributed by atoms with Crippen molar-refractivity contribution in [2.45, 2.75) is 12.6 Å². The minimum absolute atomic E-state index is 0.119.